The number of rotatable bonds is 6. The number of nitrogen functional groups attached to an aromatic ring is 2. The Labute approximate surface area is 198 Å². The molecule has 5 N–H and O–H groups in total. The van der Waals surface area contributed by atoms with Gasteiger partial charge >= 0.3 is 0 Å². The van der Waals surface area contributed by atoms with Crippen LogP contribution < -0.4 is 26.4 Å². The van der Waals surface area contributed by atoms with E-state index in [1.54, 1.807) is 11.8 Å². The quantitative estimate of drug-likeness (QED) is 0.514. The number of aryl methyl sites for hydroxylation is 1. The fraction of sp³-hybridized carbons (Fsp3) is 0.280. The van der Waals surface area contributed by atoms with Gasteiger partial charge in [-0.05, 0) is 31.0 Å². The van der Waals surface area contributed by atoms with E-state index in [1.807, 2.05) is 55.5 Å². The Hall–Kier alpha value is -4.14. The summed E-state index contributed by atoms with van der Waals surface area (Å²) in [6.07, 6.45) is 0.608. The lowest BCUT2D eigenvalue weighted by molar-refractivity contribution is -0.135. The van der Waals surface area contributed by atoms with Gasteiger partial charge in [0.25, 0.3) is 5.91 Å². The van der Waals surface area contributed by atoms with Gasteiger partial charge in [-0.15, -0.1) is 0 Å². The molecule has 2 aromatic carbocycles. The Kier molecular flexibility index (Phi) is 6.10. The molecule has 0 unspecified atom stereocenters. The van der Waals surface area contributed by atoms with E-state index in [9.17, 15) is 9.59 Å². The maximum Gasteiger partial charge on any atom is 0.275 e. The van der Waals surface area contributed by atoms with Crippen molar-refractivity contribution in [3.8, 4) is 16.9 Å². The molecule has 9 nitrogen and oxygen atoms in total. The fourth-order valence-corrected chi connectivity index (χ4v) is 4.22. The third-order valence-electron chi connectivity index (χ3n) is 5.90. The third kappa shape index (κ3) is 4.12. The standard InChI is InChI=1S/C25H28N6O3/c1-4-18-21(22(26)30-24(27)29-18)16-10-11-20-19(14-16)31(13-12-28-15(2)32)23(33)25(3,34-20)17-8-6-5-7-9-17/h5-11,14H,4,12-13H2,1-3H3,(H,28,32)(H4,26,27,29,30)/t25-/m1/s1. The number of anilines is 3. The number of nitrogens with one attached hydrogen (secondary N) is 1. The van der Waals surface area contributed by atoms with Crippen molar-refractivity contribution in [1.29, 1.82) is 0 Å². The van der Waals surface area contributed by atoms with Crippen molar-refractivity contribution in [3.05, 3.63) is 59.8 Å². The molecule has 0 saturated carbocycles. The van der Waals surface area contributed by atoms with Crippen molar-refractivity contribution in [1.82, 2.24) is 15.3 Å². The van der Waals surface area contributed by atoms with Gasteiger partial charge in [0.15, 0.2) is 0 Å². The molecule has 4 rings (SSSR count). The van der Waals surface area contributed by atoms with E-state index in [1.165, 1.54) is 6.92 Å². The average molecular weight is 461 g/mol. The van der Waals surface area contributed by atoms with E-state index in [4.69, 9.17) is 16.2 Å². The first-order chi connectivity index (χ1) is 16.2. The molecule has 0 bridgehead atoms. The number of hydrogen-bond donors (Lipinski definition) is 3. The summed E-state index contributed by atoms with van der Waals surface area (Å²) in [5.74, 6) is 0.535. The first kappa shape index (κ1) is 23.0. The number of carbonyl (C=O) groups is 2. The Morgan fingerprint density at radius 2 is 1.88 bits per heavy atom. The van der Waals surface area contributed by atoms with E-state index in [2.05, 4.69) is 15.3 Å². The minimum absolute atomic E-state index is 0.116. The Bertz CT molecular complexity index is 1250. The van der Waals surface area contributed by atoms with Crippen molar-refractivity contribution < 1.29 is 14.3 Å². The molecular weight excluding hydrogens is 432 g/mol. The van der Waals surface area contributed by atoms with Crippen LogP contribution in [0.1, 0.15) is 32.0 Å². The molecule has 0 spiro atoms. The van der Waals surface area contributed by atoms with Crippen LogP contribution >= 0.6 is 0 Å². The molecular formula is C25H28N6O3. The number of fused-ring (bicyclic) bond motifs is 1. The Balaban J connectivity index is 1.83. The summed E-state index contributed by atoms with van der Waals surface area (Å²) >= 11 is 0. The van der Waals surface area contributed by atoms with Gasteiger partial charge in [-0.25, -0.2) is 4.98 Å². The maximum absolute atomic E-state index is 13.8. The molecule has 2 heterocycles. The van der Waals surface area contributed by atoms with Crippen molar-refractivity contribution in [3.63, 3.8) is 0 Å². The van der Waals surface area contributed by atoms with Crippen LogP contribution in [0.15, 0.2) is 48.5 Å². The Morgan fingerprint density at radius 3 is 2.56 bits per heavy atom. The molecule has 0 aliphatic carbocycles. The van der Waals surface area contributed by atoms with E-state index in [-0.39, 0.29) is 30.1 Å². The molecule has 9 heteroatoms. The zero-order valence-electron chi connectivity index (χ0n) is 19.5. The number of aromatic nitrogens is 2. The minimum Gasteiger partial charge on any atom is -0.471 e. The van der Waals surface area contributed by atoms with Gasteiger partial charge in [0, 0.05) is 31.1 Å². The van der Waals surface area contributed by atoms with Gasteiger partial charge in [-0.1, -0.05) is 43.3 Å². The zero-order valence-corrected chi connectivity index (χ0v) is 19.5. The lowest BCUT2D eigenvalue weighted by Gasteiger charge is -2.41. The zero-order chi connectivity index (χ0) is 24.5. The van der Waals surface area contributed by atoms with E-state index >= 15 is 0 Å². The number of carbonyl (C=O) groups excluding carboxylic acids is 2. The normalized spacial score (nSPS) is 17.1. The van der Waals surface area contributed by atoms with Gasteiger partial charge in [0.2, 0.25) is 17.5 Å². The average Bonchev–Trinajstić information content (AvgIpc) is 2.81. The van der Waals surface area contributed by atoms with Crippen LogP contribution in [-0.2, 0) is 21.6 Å². The second kappa shape index (κ2) is 9.01. The molecule has 0 fully saturated rings. The highest BCUT2D eigenvalue weighted by molar-refractivity contribution is 6.04. The van der Waals surface area contributed by atoms with Crippen LogP contribution in [0.5, 0.6) is 5.75 Å². The number of ether oxygens (including phenoxy) is 1. The predicted octanol–water partition coefficient (Wildman–Crippen LogP) is 2.65. The summed E-state index contributed by atoms with van der Waals surface area (Å²) in [6, 6.07) is 14.9. The minimum atomic E-state index is -1.22. The Morgan fingerprint density at radius 1 is 1.15 bits per heavy atom. The van der Waals surface area contributed by atoms with Crippen molar-refractivity contribution >= 4 is 29.3 Å². The van der Waals surface area contributed by atoms with Gasteiger partial charge in [-0.3, -0.25) is 9.59 Å². The second-order valence-electron chi connectivity index (χ2n) is 8.27. The molecule has 34 heavy (non-hydrogen) atoms. The van der Waals surface area contributed by atoms with Crippen molar-refractivity contribution in [2.45, 2.75) is 32.8 Å². The monoisotopic (exact) mass is 460 g/mol. The largest absolute Gasteiger partial charge is 0.471 e. The van der Waals surface area contributed by atoms with E-state index in [0.29, 0.717) is 35.7 Å². The van der Waals surface area contributed by atoms with E-state index < -0.39 is 5.60 Å². The SMILES string of the molecule is CCc1nc(N)nc(N)c1-c1ccc2c(c1)N(CCNC(C)=O)C(=O)[C@@](C)(c1ccccc1)O2. The summed E-state index contributed by atoms with van der Waals surface area (Å²) in [7, 11) is 0. The number of benzene rings is 2. The number of hydrogen-bond acceptors (Lipinski definition) is 7. The molecule has 176 valence electrons. The molecule has 0 radical (unpaired) electrons. The second-order valence-corrected chi connectivity index (χ2v) is 8.27. The summed E-state index contributed by atoms with van der Waals surface area (Å²) in [6.45, 7) is 5.73. The molecule has 1 atom stereocenters. The highest BCUT2D eigenvalue weighted by Gasteiger charge is 2.46. The van der Waals surface area contributed by atoms with Crippen LogP contribution in [0, 0.1) is 0 Å². The first-order valence-electron chi connectivity index (χ1n) is 11.1. The molecule has 1 aliphatic rings. The van der Waals surface area contributed by atoms with Crippen LogP contribution in [-0.4, -0.2) is 34.9 Å². The van der Waals surface area contributed by atoms with Gasteiger partial charge in [0.05, 0.1) is 11.4 Å². The number of amides is 2. The van der Waals surface area contributed by atoms with Crippen LogP contribution in [0.2, 0.25) is 0 Å². The number of nitrogens with two attached hydrogens (primary N) is 2. The van der Waals surface area contributed by atoms with Crippen LogP contribution in [0.25, 0.3) is 11.1 Å². The maximum atomic E-state index is 13.8. The number of nitrogens with zero attached hydrogens (tertiary/aromatic N) is 3. The third-order valence-corrected chi connectivity index (χ3v) is 5.90. The summed E-state index contributed by atoms with van der Waals surface area (Å²) in [5.41, 5.74) is 14.2. The molecule has 3 aromatic rings. The van der Waals surface area contributed by atoms with Gasteiger partial charge in [-0.2, -0.15) is 4.98 Å². The van der Waals surface area contributed by atoms with E-state index in [0.717, 1.165) is 11.1 Å². The fourth-order valence-electron chi connectivity index (χ4n) is 4.22. The van der Waals surface area contributed by atoms with Gasteiger partial charge < -0.3 is 26.4 Å². The van der Waals surface area contributed by atoms with Crippen molar-refractivity contribution in [2.24, 2.45) is 0 Å². The van der Waals surface area contributed by atoms with Crippen molar-refractivity contribution in [2.75, 3.05) is 29.5 Å². The van der Waals surface area contributed by atoms with Gasteiger partial charge in [0.1, 0.15) is 11.6 Å². The molecule has 1 aromatic heterocycles. The first-order valence-corrected chi connectivity index (χ1v) is 11.1. The highest BCUT2D eigenvalue weighted by atomic mass is 16.5. The lowest BCUT2D eigenvalue weighted by atomic mass is 9.91. The molecule has 0 saturated heterocycles. The summed E-state index contributed by atoms with van der Waals surface area (Å²) in [4.78, 5) is 35.3. The molecule has 1 aliphatic heterocycles. The summed E-state index contributed by atoms with van der Waals surface area (Å²) in [5, 5.41) is 2.76. The predicted molar refractivity (Wildman–Crippen MR) is 131 cm³/mol. The van der Waals surface area contributed by atoms with Crippen LogP contribution in [0.3, 0.4) is 0 Å². The highest BCUT2D eigenvalue weighted by Crippen LogP contribution is 2.44. The van der Waals surface area contributed by atoms with Crippen LogP contribution in [0.4, 0.5) is 17.5 Å². The molecule has 2 amide bonds. The lowest BCUT2D eigenvalue weighted by Crippen LogP contribution is -2.53. The topological polar surface area (TPSA) is 136 Å². The summed E-state index contributed by atoms with van der Waals surface area (Å²) < 4.78 is 6.31. The smallest absolute Gasteiger partial charge is 0.275 e.